The molecule has 2 heterocycles. The molecule has 0 atom stereocenters. The van der Waals surface area contributed by atoms with Crippen molar-refractivity contribution in [3.63, 3.8) is 0 Å². The monoisotopic (exact) mass is 288 g/mol. The Bertz CT molecular complexity index is 708. The van der Waals surface area contributed by atoms with Crippen LogP contribution in [0.3, 0.4) is 0 Å². The van der Waals surface area contributed by atoms with E-state index >= 15 is 0 Å². The first-order valence-electron chi connectivity index (χ1n) is 6.31. The van der Waals surface area contributed by atoms with E-state index in [1.165, 1.54) is 0 Å². The van der Waals surface area contributed by atoms with Gasteiger partial charge in [0.05, 0.1) is 5.52 Å². The number of halogens is 1. The van der Waals surface area contributed by atoms with E-state index in [0.29, 0.717) is 30.8 Å². The molecule has 0 saturated carbocycles. The summed E-state index contributed by atoms with van der Waals surface area (Å²) in [4.78, 5) is 4.40. The van der Waals surface area contributed by atoms with Gasteiger partial charge in [0.25, 0.3) is 0 Å². The van der Waals surface area contributed by atoms with E-state index in [0.717, 1.165) is 16.5 Å². The van der Waals surface area contributed by atoms with Crippen LogP contribution in [0.15, 0.2) is 40.9 Å². The smallest absolute Gasteiger partial charge is 0.315 e. The second-order valence-electron chi connectivity index (χ2n) is 4.29. The van der Waals surface area contributed by atoms with Gasteiger partial charge >= 0.3 is 6.01 Å². The maximum Gasteiger partial charge on any atom is 0.315 e. The van der Waals surface area contributed by atoms with Crippen molar-refractivity contribution in [2.75, 3.05) is 11.2 Å². The highest BCUT2D eigenvalue weighted by atomic mass is 35.5. The Morgan fingerprint density at radius 3 is 2.95 bits per heavy atom. The van der Waals surface area contributed by atoms with E-state index in [1.54, 1.807) is 6.20 Å². The van der Waals surface area contributed by atoms with E-state index in [-0.39, 0.29) is 0 Å². The van der Waals surface area contributed by atoms with Crippen LogP contribution in [-0.4, -0.2) is 21.1 Å². The van der Waals surface area contributed by atoms with Gasteiger partial charge in [-0.25, -0.2) is 0 Å². The van der Waals surface area contributed by atoms with E-state index in [1.807, 2.05) is 30.3 Å². The van der Waals surface area contributed by atoms with Gasteiger partial charge in [0, 0.05) is 30.4 Å². The molecule has 6 heteroatoms. The lowest BCUT2D eigenvalue weighted by molar-refractivity contribution is 0.512. The molecule has 20 heavy (non-hydrogen) atoms. The Morgan fingerprint density at radius 2 is 2.05 bits per heavy atom. The molecule has 0 aliphatic rings. The zero-order chi connectivity index (χ0) is 13.8. The number of nitrogens with one attached hydrogen (secondary N) is 1. The number of aromatic nitrogens is 3. The summed E-state index contributed by atoms with van der Waals surface area (Å²) in [6, 6.07) is 10.4. The number of benzene rings is 1. The van der Waals surface area contributed by atoms with Crippen molar-refractivity contribution in [2.24, 2.45) is 0 Å². The van der Waals surface area contributed by atoms with Crippen molar-refractivity contribution >= 4 is 28.5 Å². The SMILES string of the molecule is ClCCc1nnc(NCc2cccc3cccnc23)o1. The van der Waals surface area contributed by atoms with Crippen LogP contribution in [0.4, 0.5) is 6.01 Å². The fourth-order valence-corrected chi connectivity index (χ4v) is 2.15. The van der Waals surface area contributed by atoms with Gasteiger partial charge in [0.15, 0.2) is 0 Å². The molecular weight excluding hydrogens is 276 g/mol. The first-order valence-corrected chi connectivity index (χ1v) is 6.85. The van der Waals surface area contributed by atoms with Crippen LogP contribution in [0.1, 0.15) is 11.5 Å². The second-order valence-corrected chi connectivity index (χ2v) is 4.66. The molecule has 0 aliphatic carbocycles. The zero-order valence-electron chi connectivity index (χ0n) is 10.7. The molecule has 5 nitrogen and oxygen atoms in total. The largest absolute Gasteiger partial charge is 0.408 e. The van der Waals surface area contributed by atoms with Crippen LogP contribution in [0, 0.1) is 0 Å². The molecule has 3 aromatic rings. The summed E-state index contributed by atoms with van der Waals surface area (Å²) in [6.45, 7) is 0.580. The normalized spacial score (nSPS) is 10.8. The number of hydrogen-bond donors (Lipinski definition) is 1. The molecule has 1 N–H and O–H groups in total. The van der Waals surface area contributed by atoms with Crippen molar-refractivity contribution in [1.82, 2.24) is 15.2 Å². The highest BCUT2D eigenvalue weighted by Gasteiger charge is 2.06. The third kappa shape index (κ3) is 2.72. The molecule has 0 radical (unpaired) electrons. The van der Waals surface area contributed by atoms with Crippen LogP contribution in [0.25, 0.3) is 10.9 Å². The third-order valence-corrected chi connectivity index (χ3v) is 3.11. The van der Waals surface area contributed by atoms with Gasteiger partial charge in [-0.05, 0) is 11.6 Å². The number of fused-ring (bicyclic) bond motifs is 1. The number of rotatable bonds is 5. The van der Waals surface area contributed by atoms with Crippen LogP contribution in [0.5, 0.6) is 0 Å². The zero-order valence-corrected chi connectivity index (χ0v) is 11.5. The average molecular weight is 289 g/mol. The molecule has 2 aromatic heterocycles. The number of hydrogen-bond acceptors (Lipinski definition) is 5. The molecule has 0 aliphatic heterocycles. The Morgan fingerprint density at radius 1 is 1.15 bits per heavy atom. The minimum absolute atomic E-state index is 0.401. The van der Waals surface area contributed by atoms with Crippen molar-refractivity contribution < 1.29 is 4.42 Å². The maximum atomic E-state index is 5.63. The number of aryl methyl sites for hydroxylation is 1. The lowest BCUT2D eigenvalue weighted by Gasteiger charge is -2.05. The number of pyridine rings is 1. The number of para-hydroxylation sites is 1. The Balaban J connectivity index is 1.76. The summed E-state index contributed by atoms with van der Waals surface area (Å²) >= 11 is 5.63. The van der Waals surface area contributed by atoms with E-state index in [4.69, 9.17) is 16.0 Å². The quantitative estimate of drug-likeness (QED) is 0.731. The van der Waals surface area contributed by atoms with E-state index < -0.39 is 0 Å². The molecule has 0 fully saturated rings. The minimum Gasteiger partial charge on any atom is -0.408 e. The lowest BCUT2D eigenvalue weighted by atomic mass is 10.1. The highest BCUT2D eigenvalue weighted by molar-refractivity contribution is 6.17. The van der Waals surface area contributed by atoms with Crippen LogP contribution < -0.4 is 5.32 Å². The van der Waals surface area contributed by atoms with Gasteiger partial charge in [-0.2, -0.15) is 0 Å². The fourth-order valence-electron chi connectivity index (χ4n) is 1.99. The van der Waals surface area contributed by atoms with E-state index in [2.05, 4.69) is 20.5 Å². The summed E-state index contributed by atoms with van der Waals surface area (Å²) < 4.78 is 5.42. The van der Waals surface area contributed by atoms with Gasteiger partial charge in [0.1, 0.15) is 0 Å². The molecule has 102 valence electrons. The topological polar surface area (TPSA) is 63.8 Å². The third-order valence-electron chi connectivity index (χ3n) is 2.92. The molecule has 0 saturated heterocycles. The van der Waals surface area contributed by atoms with Gasteiger partial charge in [-0.15, -0.1) is 16.7 Å². The predicted molar refractivity (Wildman–Crippen MR) is 77.8 cm³/mol. The maximum absolute atomic E-state index is 5.63. The van der Waals surface area contributed by atoms with Gasteiger partial charge in [-0.1, -0.05) is 29.4 Å². The summed E-state index contributed by atoms with van der Waals surface area (Å²) in [6.07, 6.45) is 2.36. The van der Waals surface area contributed by atoms with Crippen molar-refractivity contribution in [3.05, 3.63) is 48.0 Å². The summed E-state index contributed by atoms with van der Waals surface area (Å²) in [5, 5.41) is 12.0. The second kappa shape index (κ2) is 5.88. The fraction of sp³-hybridized carbons (Fsp3) is 0.214. The van der Waals surface area contributed by atoms with Crippen molar-refractivity contribution in [3.8, 4) is 0 Å². The first-order chi connectivity index (χ1) is 9.86. The van der Waals surface area contributed by atoms with Crippen LogP contribution >= 0.6 is 11.6 Å². The minimum atomic E-state index is 0.401. The van der Waals surface area contributed by atoms with Gasteiger partial charge < -0.3 is 9.73 Å². The molecular formula is C14H13ClN4O. The van der Waals surface area contributed by atoms with Gasteiger partial charge in [0.2, 0.25) is 5.89 Å². The Kier molecular flexibility index (Phi) is 3.78. The van der Waals surface area contributed by atoms with Crippen LogP contribution in [0.2, 0.25) is 0 Å². The summed E-state index contributed by atoms with van der Waals surface area (Å²) in [5.41, 5.74) is 2.06. The molecule has 0 spiro atoms. The highest BCUT2D eigenvalue weighted by Crippen LogP contribution is 2.17. The van der Waals surface area contributed by atoms with Crippen molar-refractivity contribution in [2.45, 2.75) is 13.0 Å². The number of alkyl halides is 1. The predicted octanol–water partition coefficient (Wildman–Crippen LogP) is 3.01. The van der Waals surface area contributed by atoms with Crippen LogP contribution in [-0.2, 0) is 13.0 Å². The standard InChI is InChI=1S/C14H13ClN4O/c15-7-6-12-18-19-14(20-12)17-9-11-4-1-3-10-5-2-8-16-13(10)11/h1-5,8H,6-7,9H2,(H,17,19). The Hall–Kier alpha value is -2.14. The summed E-state index contributed by atoms with van der Waals surface area (Å²) in [7, 11) is 0. The number of anilines is 1. The molecule has 0 amide bonds. The summed E-state index contributed by atoms with van der Waals surface area (Å²) in [5.74, 6) is 1.01. The average Bonchev–Trinajstić information content (AvgIpc) is 2.93. The first kappa shape index (κ1) is 12.9. The lowest BCUT2D eigenvalue weighted by Crippen LogP contribution is -2.01. The van der Waals surface area contributed by atoms with Gasteiger partial charge in [-0.3, -0.25) is 4.98 Å². The number of nitrogens with zero attached hydrogens (tertiary/aromatic N) is 3. The molecule has 0 unspecified atom stereocenters. The van der Waals surface area contributed by atoms with E-state index in [9.17, 15) is 0 Å². The van der Waals surface area contributed by atoms with Crippen molar-refractivity contribution in [1.29, 1.82) is 0 Å². The molecule has 1 aromatic carbocycles. The molecule has 3 rings (SSSR count). The molecule has 0 bridgehead atoms. The Labute approximate surface area is 121 Å².